The van der Waals surface area contributed by atoms with Gasteiger partial charge in [0.1, 0.15) is 0 Å². The van der Waals surface area contributed by atoms with Crippen molar-refractivity contribution in [1.29, 1.82) is 0 Å². The van der Waals surface area contributed by atoms with E-state index < -0.39 is 112 Å². The summed E-state index contributed by atoms with van der Waals surface area (Å²) >= 11 is -41.0. The van der Waals surface area contributed by atoms with Crippen molar-refractivity contribution in [2.24, 2.45) is 0 Å². The molecule has 6 bridgehead atoms. The van der Waals surface area contributed by atoms with Crippen LogP contribution in [0.4, 0.5) is 0 Å². The van der Waals surface area contributed by atoms with Crippen molar-refractivity contribution in [2.45, 2.75) is 316 Å². The van der Waals surface area contributed by atoms with Crippen LogP contribution in [0.2, 0.25) is 0 Å². The Balaban J connectivity index is 1.45. The van der Waals surface area contributed by atoms with E-state index >= 15 is 0 Å². The van der Waals surface area contributed by atoms with Gasteiger partial charge in [-0.25, -0.2) is 0 Å². The van der Waals surface area contributed by atoms with Crippen molar-refractivity contribution in [3.8, 4) is 0 Å². The molecule has 112 heavy (non-hydrogen) atoms. The van der Waals surface area contributed by atoms with Crippen LogP contribution in [-0.4, -0.2) is 112 Å². The number of rotatable bonds is 24. The molecule has 11 aliphatic rings. The van der Waals surface area contributed by atoms with E-state index in [1.807, 2.05) is 0 Å². The molecule has 11 aliphatic heterocycles. The quantitative estimate of drug-likeness (QED) is 0.0545. The van der Waals surface area contributed by atoms with Crippen molar-refractivity contribution >= 4 is 141 Å². The molecule has 0 atom stereocenters. The Hall–Kier alpha value is -1.90. The molecule has 8 aromatic carbocycles. The molecule has 0 unspecified atom stereocenters. The zero-order valence-electron chi connectivity index (χ0n) is 73.6. The number of hydrogen-bond acceptors (Lipinski definition) is 10. The van der Waals surface area contributed by atoms with Gasteiger partial charge in [0.2, 0.25) is 0 Å². The minimum absolute atomic E-state index is 0.0645. The van der Waals surface area contributed by atoms with Crippen LogP contribution >= 0.6 is 0 Å². The fourth-order valence-electron chi connectivity index (χ4n) is 18.2. The molecule has 16 heteroatoms. The molecule has 616 valence electrons. The summed E-state index contributed by atoms with van der Waals surface area (Å²) in [6, 6.07) is 55.0. The summed E-state index contributed by atoms with van der Waals surface area (Å²) in [4.78, 5) is 0. The van der Waals surface area contributed by atoms with E-state index in [2.05, 4.69) is 367 Å². The van der Waals surface area contributed by atoms with Gasteiger partial charge < -0.3 is 0 Å². The van der Waals surface area contributed by atoms with Crippen LogP contribution in [0.25, 0.3) is 0 Å². The Morgan fingerprint density at radius 1 is 0.161 bits per heavy atom. The summed E-state index contributed by atoms with van der Waals surface area (Å²) in [5.74, 6) is -1.45. The number of hydrogen-bond donors (Lipinski definition) is 0. The second kappa shape index (κ2) is 30.0. The molecule has 0 saturated carbocycles. The van der Waals surface area contributed by atoms with Crippen molar-refractivity contribution < 1.29 is 14.7 Å². The fourth-order valence-corrected chi connectivity index (χ4v) is 229. The maximum absolute atomic E-state index is 10.1. The van der Waals surface area contributed by atoms with Crippen LogP contribution in [0, 0.1) is 0 Å². The summed E-state index contributed by atoms with van der Waals surface area (Å²) in [6.45, 7) is 74.2. The van der Waals surface area contributed by atoms with Crippen LogP contribution in [0.1, 0.15) is 405 Å². The third-order valence-electron chi connectivity index (χ3n) is 23.6. The first-order valence-electron chi connectivity index (χ1n) is 42.0. The van der Waals surface area contributed by atoms with E-state index in [-0.39, 0.29) is 94.7 Å². The fraction of sp³-hybridized carbons (Fsp3) is 0.500. The standard InChI is InChI=1S/C96H136O10Te6/c1-57(2)73-41-33-42-74(58(3)4)89(73)107-97-108(90-75(59(5)6)43-34-44-76(90)60(7)8)101-112(102-108,95-85(69(25)26)53-39-54-86(95)70(27)28,96-87(71(29)30)55-40-56-88(96)72(31)32)105-110(106-112,92-79(63(13)14)47-36-48-80(92)64(15)16)98-109(91-77(61(9)10)45-35-46-78(91)62(11)12)103-111(99-107,100-107,104-109,93-81(65(17)18)49-37-50-82(93)66(19)20)94-83(67(21)22)51-38-52-84(94)68(23)24/h33-72H,1-32H3. The first-order chi connectivity index (χ1) is 52.3. The molecule has 0 radical (unpaired) electrons. The Morgan fingerprint density at radius 3 is 0.357 bits per heavy atom. The van der Waals surface area contributed by atoms with Crippen LogP contribution in [0.3, 0.4) is 0 Å². The Bertz CT molecular complexity index is 4140. The Labute approximate surface area is 697 Å². The SMILES string of the molecule is CC(C)c1cccc(C(C)C)c1[Te]12O[Te]3(c4c(C(C)C)cccc4C(C)C)O[Te]4(c5c(C(C)C)cccc5C(C)C)(c5c(C(C)C)cccc5C(C)C)(O3)O[Te](c3c(C(C)C)cccc3C(C)C)(O[Te]3(c5c(C(C)C)cccc5C(C)C)O[Te](c5c(C(C)C)cccc5C(C)C)(c5c(C(C)C)cccc5C(C)C)(O1)(O2)O3)O4. The second-order valence-corrected chi connectivity index (χ2v) is 101. The van der Waals surface area contributed by atoms with Crippen LogP contribution < -0.4 is 28.9 Å². The van der Waals surface area contributed by atoms with Gasteiger partial charge in [-0.3, -0.25) is 0 Å². The molecule has 11 heterocycles. The zero-order chi connectivity index (χ0) is 82.0. The maximum atomic E-state index is 10.1. The normalized spacial score (nSPS) is 26.7. The van der Waals surface area contributed by atoms with Crippen molar-refractivity contribution in [2.75, 3.05) is 0 Å². The van der Waals surface area contributed by atoms with Crippen molar-refractivity contribution in [3.63, 3.8) is 0 Å². The van der Waals surface area contributed by atoms with E-state index in [1.54, 1.807) is 0 Å². The summed E-state index contributed by atoms with van der Waals surface area (Å²) in [7, 11) is 0. The predicted molar refractivity (Wildman–Crippen MR) is 479 cm³/mol. The molecule has 0 aromatic heterocycles. The van der Waals surface area contributed by atoms with E-state index in [0.29, 0.717) is 0 Å². The predicted octanol–water partition coefficient (Wildman–Crippen LogP) is 21.9. The summed E-state index contributed by atoms with van der Waals surface area (Å²) in [5.41, 5.74) is 17.0. The molecule has 19 rings (SSSR count). The van der Waals surface area contributed by atoms with Gasteiger partial charge >= 0.3 is 706 Å². The molecule has 8 aromatic rings. The Morgan fingerprint density at radius 2 is 0.259 bits per heavy atom. The molecule has 0 amide bonds. The van der Waals surface area contributed by atoms with E-state index in [0.717, 1.165) is 118 Å². The van der Waals surface area contributed by atoms with Gasteiger partial charge in [-0.2, -0.15) is 0 Å². The summed E-state index contributed by atoms with van der Waals surface area (Å²) < 4.78 is 107. The minimum atomic E-state index is -8.18. The average molecular weight is 2220 g/mol. The molecule has 11 saturated heterocycles. The van der Waals surface area contributed by atoms with Gasteiger partial charge in [0.25, 0.3) is 0 Å². The topological polar surface area (TPSA) is 92.3 Å². The molecule has 2 spiro atoms. The van der Waals surface area contributed by atoms with Crippen LogP contribution in [0.5, 0.6) is 0 Å². The molecular weight excluding hydrogens is 2080 g/mol. The van der Waals surface area contributed by atoms with E-state index in [4.69, 9.17) is 0 Å². The van der Waals surface area contributed by atoms with Gasteiger partial charge in [-0.15, -0.1) is 0 Å². The first-order valence-corrected chi connectivity index (χ1v) is 70.4. The van der Waals surface area contributed by atoms with Crippen molar-refractivity contribution in [1.82, 2.24) is 0 Å². The van der Waals surface area contributed by atoms with E-state index in [9.17, 15) is 14.7 Å². The molecule has 0 aliphatic carbocycles. The van der Waals surface area contributed by atoms with Gasteiger partial charge in [-0.1, -0.05) is 0 Å². The van der Waals surface area contributed by atoms with Gasteiger partial charge in [0, 0.05) is 0 Å². The third kappa shape index (κ3) is 12.6. The molecule has 10 nitrogen and oxygen atoms in total. The summed E-state index contributed by atoms with van der Waals surface area (Å²) in [5, 5.41) is 0. The van der Waals surface area contributed by atoms with Crippen molar-refractivity contribution in [3.05, 3.63) is 235 Å². The molecular formula is C96H136O10Te6. The van der Waals surface area contributed by atoms with Gasteiger partial charge in [-0.05, 0) is 0 Å². The second-order valence-electron chi connectivity index (χ2n) is 37.5. The number of benzene rings is 8. The van der Waals surface area contributed by atoms with Gasteiger partial charge in [0.05, 0.1) is 0 Å². The summed E-state index contributed by atoms with van der Waals surface area (Å²) in [6.07, 6.45) is 0. The molecule has 11 fully saturated rings. The first kappa shape index (κ1) is 87.9. The monoisotopic (exact) mass is 2230 g/mol. The molecule has 0 N–H and O–H groups in total. The zero-order valence-corrected chi connectivity index (χ0v) is 87.6. The van der Waals surface area contributed by atoms with E-state index in [1.165, 1.54) is 0 Å². The van der Waals surface area contributed by atoms with Gasteiger partial charge in [0.15, 0.2) is 0 Å². The average Bonchev–Trinajstić information content (AvgIpc) is 0.575. The Kier molecular flexibility index (Phi) is 23.6. The van der Waals surface area contributed by atoms with Crippen LogP contribution in [-0.2, 0) is 14.7 Å². The van der Waals surface area contributed by atoms with Crippen LogP contribution in [0.15, 0.2) is 146 Å². The third-order valence-corrected chi connectivity index (χ3v) is 151.